The van der Waals surface area contributed by atoms with E-state index in [-0.39, 0.29) is 0 Å². The van der Waals surface area contributed by atoms with Crippen LogP contribution in [-0.2, 0) is 0 Å². The van der Waals surface area contributed by atoms with Crippen molar-refractivity contribution in [2.45, 2.75) is 0 Å². The Kier molecular flexibility index (Phi) is 1.98. The van der Waals surface area contributed by atoms with Gasteiger partial charge in [-0.1, -0.05) is 0 Å². The first-order chi connectivity index (χ1) is 8.90. The Bertz CT molecular complexity index is 739. The van der Waals surface area contributed by atoms with Crippen LogP contribution >= 0.6 is 0 Å². The summed E-state index contributed by atoms with van der Waals surface area (Å²) in [6.45, 7) is 0. The Labute approximate surface area is 105 Å². The second-order valence-electron chi connectivity index (χ2n) is 4.59. The second-order valence-corrected chi connectivity index (χ2v) is 4.59. The molecule has 1 nitrogen and oxygen atoms in total. The molecule has 0 atom stereocenters. The molecule has 0 radical (unpaired) electrons. The van der Waals surface area contributed by atoms with E-state index in [0.717, 1.165) is 5.52 Å². The zero-order chi connectivity index (χ0) is 11.9. The third-order valence-electron chi connectivity index (χ3n) is 3.43. The molecule has 82 valence electrons. The number of hydrogen-bond donors (Lipinski definition) is 0. The van der Waals surface area contributed by atoms with Crippen molar-refractivity contribution < 1.29 is 0 Å². The molecule has 0 spiro atoms. The number of nitrogens with zero attached hydrogens (tertiary/aromatic N) is 1. The number of aromatic nitrogens is 1. The van der Waals surface area contributed by atoms with E-state index in [2.05, 4.69) is 59.5 Å². The number of fused-ring (bicyclic) bond motifs is 3. The van der Waals surface area contributed by atoms with Gasteiger partial charge in [0.2, 0.25) is 0 Å². The summed E-state index contributed by atoms with van der Waals surface area (Å²) in [5.74, 6) is 1.98. The van der Waals surface area contributed by atoms with Gasteiger partial charge in [-0.15, -0.1) is 0 Å². The third-order valence-corrected chi connectivity index (χ3v) is 3.43. The van der Waals surface area contributed by atoms with E-state index in [9.17, 15) is 0 Å². The zero-order valence-electron chi connectivity index (χ0n) is 9.80. The van der Waals surface area contributed by atoms with Gasteiger partial charge in [-0.2, -0.15) is 0 Å². The summed E-state index contributed by atoms with van der Waals surface area (Å²) < 4.78 is 0. The molecule has 0 aliphatic rings. The molecule has 0 saturated carbocycles. The fourth-order valence-electron chi connectivity index (χ4n) is 2.51. The van der Waals surface area contributed by atoms with Gasteiger partial charge in [-0.25, -0.2) is 0 Å². The zero-order valence-corrected chi connectivity index (χ0v) is 9.80. The van der Waals surface area contributed by atoms with Crippen LogP contribution in [0, 0.1) is 0 Å². The minimum absolute atomic E-state index is 1.06. The molecule has 4 rings (SSSR count). The van der Waals surface area contributed by atoms with Crippen LogP contribution in [0.1, 0.15) is 0 Å². The van der Waals surface area contributed by atoms with Crippen LogP contribution in [0.2, 0.25) is 0 Å². The summed E-state index contributed by atoms with van der Waals surface area (Å²) in [7, 11) is 1.84. The Morgan fingerprint density at radius 3 is 2.11 bits per heavy atom. The molecule has 0 N–H and O–H groups in total. The first-order valence-electron chi connectivity index (χ1n) is 6.07. The average Bonchev–Trinajstić information content (AvgIpc) is 2.42. The van der Waals surface area contributed by atoms with E-state index in [1.807, 2.05) is 13.0 Å². The topological polar surface area (TPSA) is 12.9 Å². The molecular weight excluding hydrogens is 217 g/mol. The molecule has 0 aliphatic carbocycles. The summed E-state index contributed by atoms with van der Waals surface area (Å²) in [5.41, 5.74) is 1.06. The minimum atomic E-state index is 1.06. The van der Waals surface area contributed by atoms with Gasteiger partial charge in [0.25, 0.3) is 0 Å². The van der Waals surface area contributed by atoms with E-state index in [4.69, 9.17) is 0 Å². The predicted molar refractivity (Wildman–Crippen MR) is 78.1 cm³/mol. The van der Waals surface area contributed by atoms with Gasteiger partial charge >= 0.3 is 105 Å². The van der Waals surface area contributed by atoms with Gasteiger partial charge in [-0.05, 0) is 0 Å². The molecular formula is C16H10BN. The molecule has 1 heterocycles. The van der Waals surface area contributed by atoms with Gasteiger partial charge in [0.15, 0.2) is 0 Å². The Balaban J connectivity index is 2.20. The summed E-state index contributed by atoms with van der Waals surface area (Å²) in [6, 6.07) is 19.4. The number of hydrogen-bond acceptors (Lipinski definition) is 1. The Hall–Kier alpha value is -2.22. The quantitative estimate of drug-likeness (QED) is 0.415. The van der Waals surface area contributed by atoms with Gasteiger partial charge in [0.05, 0.1) is 0 Å². The van der Waals surface area contributed by atoms with Crippen molar-refractivity contribution in [2.75, 3.05) is 0 Å². The number of rotatable bonds is 0. The van der Waals surface area contributed by atoms with Crippen molar-refractivity contribution in [3.8, 4) is 0 Å². The van der Waals surface area contributed by atoms with Crippen LogP contribution < -0.4 is 0 Å². The first-order valence-corrected chi connectivity index (χ1v) is 6.07. The maximum atomic E-state index is 4.41. The molecule has 0 amide bonds. The van der Waals surface area contributed by atoms with E-state index < -0.39 is 0 Å². The van der Waals surface area contributed by atoms with Crippen LogP contribution in [0.4, 0.5) is 0 Å². The van der Waals surface area contributed by atoms with Gasteiger partial charge in [0, 0.05) is 0 Å². The van der Waals surface area contributed by atoms with Crippen molar-refractivity contribution in [1.82, 2.24) is 4.89 Å². The normalized spacial score (nSPS) is 11.1. The summed E-state index contributed by atoms with van der Waals surface area (Å²) >= 11 is 0. The van der Waals surface area contributed by atoms with E-state index in [1.165, 1.54) is 26.9 Å². The second kappa shape index (κ2) is 3.64. The van der Waals surface area contributed by atoms with Crippen LogP contribution in [0.15, 0.2) is 60.6 Å². The summed E-state index contributed by atoms with van der Waals surface area (Å²) in [5, 5.41) is 6.28. The Morgan fingerprint density at radius 2 is 1.33 bits per heavy atom. The molecule has 0 aliphatic heterocycles. The van der Waals surface area contributed by atoms with Crippen LogP contribution in [0.25, 0.3) is 32.4 Å². The third kappa shape index (κ3) is 1.42. The van der Waals surface area contributed by atoms with E-state index >= 15 is 0 Å². The molecule has 0 bridgehead atoms. The molecule has 0 fully saturated rings. The van der Waals surface area contributed by atoms with Crippen LogP contribution in [0.3, 0.4) is 0 Å². The fourth-order valence-corrected chi connectivity index (χ4v) is 2.51. The number of benzene rings is 3. The monoisotopic (exact) mass is 227 g/mol. The molecule has 0 saturated heterocycles. The molecule has 3 aromatic carbocycles. The van der Waals surface area contributed by atoms with Crippen LogP contribution in [-0.4, -0.2) is 11.9 Å². The molecule has 18 heavy (non-hydrogen) atoms. The van der Waals surface area contributed by atoms with Gasteiger partial charge in [-0.3, -0.25) is 0 Å². The average molecular weight is 227 g/mol. The van der Waals surface area contributed by atoms with Crippen LogP contribution in [0.5, 0.6) is 0 Å². The SMILES string of the molecule is b1ccc2cc3cc4ccccc4cc3cc2n1. The molecule has 0 unspecified atom stereocenters. The molecule has 1 aromatic heterocycles. The van der Waals surface area contributed by atoms with E-state index in [0.29, 0.717) is 0 Å². The van der Waals surface area contributed by atoms with Gasteiger partial charge in [0.1, 0.15) is 0 Å². The van der Waals surface area contributed by atoms with Crippen molar-refractivity contribution in [3.63, 3.8) is 0 Å². The Morgan fingerprint density at radius 1 is 0.667 bits per heavy atom. The van der Waals surface area contributed by atoms with Crippen molar-refractivity contribution in [3.05, 3.63) is 60.6 Å². The van der Waals surface area contributed by atoms with Crippen molar-refractivity contribution >= 4 is 39.5 Å². The standard InChI is InChI=1S/C16H10BN/c1-2-4-12-8-15-10-16-13(5-6-17-18-16)9-14(15)7-11(12)3-1/h1-10H. The summed E-state index contributed by atoms with van der Waals surface area (Å²) in [4.78, 5) is 4.41. The maximum absolute atomic E-state index is 4.41. The first kappa shape index (κ1) is 9.78. The van der Waals surface area contributed by atoms with Crippen molar-refractivity contribution in [2.24, 2.45) is 0 Å². The summed E-state index contributed by atoms with van der Waals surface area (Å²) in [6.07, 6.45) is 0. The van der Waals surface area contributed by atoms with E-state index in [1.54, 1.807) is 0 Å². The van der Waals surface area contributed by atoms with Crippen molar-refractivity contribution in [1.29, 1.82) is 0 Å². The predicted octanol–water partition coefficient (Wildman–Crippen LogP) is 3.88. The molecule has 2 heteroatoms. The van der Waals surface area contributed by atoms with Gasteiger partial charge < -0.3 is 0 Å². The molecule has 4 aromatic rings. The fraction of sp³-hybridized carbons (Fsp3) is 0.